The molecule has 0 unspecified atom stereocenters. The quantitative estimate of drug-likeness (QED) is 0.860. The number of allylic oxidation sites excluding steroid dienone is 1. The van der Waals surface area contributed by atoms with Gasteiger partial charge in [-0.3, -0.25) is 0 Å². The van der Waals surface area contributed by atoms with Crippen LogP contribution < -0.4 is 0 Å². The summed E-state index contributed by atoms with van der Waals surface area (Å²) in [6.45, 7) is 6.22. The number of rotatable bonds is 5. The molecule has 1 aromatic heterocycles. The molecule has 4 nitrogen and oxygen atoms in total. The van der Waals surface area contributed by atoms with Crippen molar-refractivity contribution in [2.45, 2.75) is 20.1 Å². The van der Waals surface area contributed by atoms with Gasteiger partial charge in [0.05, 0.1) is 18.8 Å². The van der Waals surface area contributed by atoms with E-state index in [-0.39, 0.29) is 6.61 Å². The average Bonchev–Trinajstić information content (AvgIpc) is 2.79. The molecule has 0 bridgehead atoms. The van der Waals surface area contributed by atoms with E-state index in [4.69, 9.17) is 11.6 Å². The molecule has 1 heterocycles. The van der Waals surface area contributed by atoms with Gasteiger partial charge >= 0.3 is 0 Å². The molecule has 0 aliphatic rings. The standard InChI is InChI=1S/C15H16ClN3O/c1-11(2)9-19-15(14(10-20)17-18-19)8-5-12-3-6-13(16)7-4-12/h3-8,20H,1,9-10H2,2H3/b8-5+. The molecule has 0 spiro atoms. The zero-order valence-corrected chi connectivity index (χ0v) is 12.0. The maximum absolute atomic E-state index is 9.31. The Bertz CT molecular complexity index is 629. The summed E-state index contributed by atoms with van der Waals surface area (Å²) < 4.78 is 1.72. The van der Waals surface area contributed by atoms with Crippen molar-refractivity contribution in [2.75, 3.05) is 0 Å². The lowest BCUT2D eigenvalue weighted by Crippen LogP contribution is -2.03. The molecule has 0 saturated heterocycles. The zero-order valence-electron chi connectivity index (χ0n) is 11.3. The van der Waals surface area contributed by atoms with E-state index >= 15 is 0 Å². The smallest absolute Gasteiger partial charge is 0.115 e. The predicted octanol–water partition coefficient (Wildman–Crippen LogP) is 3.17. The fraction of sp³-hybridized carbons (Fsp3) is 0.200. The first kappa shape index (κ1) is 14.5. The normalized spacial score (nSPS) is 11.2. The Hall–Kier alpha value is -1.91. The van der Waals surface area contributed by atoms with Crippen LogP contribution in [0.4, 0.5) is 0 Å². The van der Waals surface area contributed by atoms with Crippen molar-refractivity contribution in [3.05, 3.63) is 58.4 Å². The molecule has 20 heavy (non-hydrogen) atoms. The van der Waals surface area contributed by atoms with E-state index in [1.54, 1.807) is 4.68 Å². The molecule has 2 rings (SSSR count). The Morgan fingerprint density at radius 1 is 1.35 bits per heavy atom. The van der Waals surface area contributed by atoms with Gasteiger partial charge in [0.1, 0.15) is 5.69 Å². The lowest BCUT2D eigenvalue weighted by Gasteiger charge is -2.03. The Balaban J connectivity index is 2.28. The molecule has 0 amide bonds. The van der Waals surface area contributed by atoms with E-state index in [1.807, 2.05) is 43.3 Å². The van der Waals surface area contributed by atoms with Gasteiger partial charge in [-0.05, 0) is 30.7 Å². The first-order valence-corrected chi connectivity index (χ1v) is 6.59. The lowest BCUT2D eigenvalue weighted by molar-refractivity contribution is 0.276. The minimum Gasteiger partial charge on any atom is -0.390 e. The summed E-state index contributed by atoms with van der Waals surface area (Å²) in [4.78, 5) is 0. The summed E-state index contributed by atoms with van der Waals surface area (Å²) in [5, 5.41) is 18.0. The summed E-state index contributed by atoms with van der Waals surface area (Å²) in [5.41, 5.74) is 3.32. The van der Waals surface area contributed by atoms with Crippen LogP contribution in [-0.4, -0.2) is 20.1 Å². The Labute approximate surface area is 123 Å². The third-order valence-corrected chi connectivity index (χ3v) is 2.97. The molecule has 2 aromatic rings. The molecular formula is C15H16ClN3O. The molecule has 0 aliphatic carbocycles. The third-order valence-electron chi connectivity index (χ3n) is 2.72. The first-order valence-electron chi connectivity index (χ1n) is 6.21. The third kappa shape index (κ3) is 3.56. The van der Waals surface area contributed by atoms with Crippen molar-refractivity contribution in [3.8, 4) is 0 Å². The summed E-state index contributed by atoms with van der Waals surface area (Å²) in [6.07, 6.45) is 3.82. The Morgan fingerprint density at radius 2 is 2.05 bits per heavy atom. The van der Waals surface area contributed by atoms with Crippen molar-refractivity contribution in [2.24, 2.45) is 0 Å². The van der Waals surface area contributed by atoms with E-state index in [2.05, 4.69) is 16.9 Å². The molecule has 1 N–H and O–H groups in total. The number of aliphatic hydroxyl groups is 1. The number of nitrogens with zero attached hydrogens (tertiary/aromatic N) is 3. The molecule has 0 aliphatic heterocycles. The van der Waals surface area contributed by atoms with E-state index in [9.17, 15) is 5.11 Å². The van der Waals surface area contributed by atoms with Crippen molar-refractivity contribution in [3.63, 3.8) is 0 Å². The van der Waals surface area contributed by atoms with Crippen LogP contribution >= 0.6 is 11.6 Å². The number of halogens is 1. The summed E-state index contributed by atoms with van der Waals surface area (Å²) in [7, 11) is 0. The maximum atomic E-state index is 9.31. The van der Waals surface area contributed by atoms with Crippen LogP contribution in [-0.2, 0) is 13.2 Å². The van der Waals surface area contributed by atoms with Crippen LogP contribution in [0.3, 0.4) is 0 Å². The number of hydrogen-bond donors (Lipinski definition) is 1. The number of benzene rings is 1. The highest BCUT2D eigenvalue weighted by Gasteiger charge is 2.09. The van der Waals surface area contributed by atoms with Crippen LogP contribution in [0, 0.1) is 0 Å². The van der Waals surface area contributed by atoms with Gasteiger partial charge in [-0.25, -0.2) is 4.68 Å². The highest BCUT2D eigenvalue weighted by molar-refractivity contribution is 6.30. The lowest BCUT2D eigenvalue weighted by atomic mass is 10.2. The van der Waals surface area contributed by atoms with Gasteiger partial charge in [-0.15, -0.1) is 5.10 Å². The zero-order chi connectivity index (χ0) is 14.5. The minimum absolute atomic E-state index is 0.142. The van der Waals surface area contributed by atoms with Gasteiger partial charge in [-0.1, -0.05) is 47.2 Å². The van der Waals surface area contributed by atoms with E-state index < -0.39 is 0 Å². The van der Waals surface area contributed by atoms with Crippen molar-refractivity contribution in [1.82, 2.24) is 15.0 Å². The minimum atomic E-state index is -0.142. The average molecular weight is 290 g/mol. The summed E-state index contributed by atoms with van der Waals surface area (Å²) in [6, 6.07) is 7.50. The van der Waals surface area contributed by atoms with E-state index in [0.29, 0.717) is 17.3 Å². The molecule has 0 atom stereocenters. The fourth-order valence-corrected chi connectivity index (χ4v) is 1.90. The highest BCUT2D eigenvalue weighted by atomic mass is 35.5. The van der Waals surface area contributed by atoms with Gasteiger partial charge in [0.2, 0.25) is 0 Å². The molecule has 0 fully saturated rings. The van der Waals surface area contributed by atoms with Gasteiger partial charge < -0.3 is 5.11 Å². The summed E-state index contributed by atoms with van der Waals surface area (Å²) >= 11 is 5.85. The monoisotopic (exact) mass is 289 g/mol. The fourth-order valence-electron chi connectivity index (χ4n) is 1.77. The van der Waals surface area contributed by atoms with Gasteiger partial charge in [0.15, 0.2) is 0 Å². The second kappa shape index (κ2) is 6.50. The molecule has 0 saturated carbocycles. The van der Waals surface area contributed by atoms with E-state index in [1.165, 1.54) is 0 Å². The van der Waals surface area contributed by atoms with Gasteiger partial charge in [-0.2, -0.15) is 0 Å². The van der Waals surface area contributed by atoms with Gasteiger partial charge in [0.25, 0.3) is 0 Å². The maximum Gasteiger partial charge on any atom is 0.115 e. The van der Waals surface area contributed by atoms with Crippen LogP contribution in [0.2, 0.25) is 5.02 Å². The molecular weight excluding hydrogens is 274 g/mol. The number of aliphatic hydroxyl groups excluding tert-OH is 1. The largest absolute Gasteiger partial charge is 0.390 e. The Morgan fingerprint density at radius 3 is 2.65 bits per heavy atom. The van der Waals surface area contributed by atoms with Crippen LogP contribution in [0.5, 0.6) is 0 Å². The van der Waals surface area contributed by atoms with Crippen molar-refractivity contribution >= 4 is 23.8 Å². The van der Waals surface area contributed by atoms with Crippen molar-refractivity contribution < 1.29 is 5.11 Å². The molecule has 104 valence electrons. The topological polar surface area (TPSA) is 50.9 Å². The van der Waals surface area contributed by atoms with Gasteiger partial charge in [0, 0.05) is 5.02 Å². The molecule has 0 radical (unpaired) electrons. The summed E-state index contributed by atoms with van der Waals surface area (Å²) in [5.74, 6) is 0. The number of hydrogen-bond acceptors (Lipinski definition) is 3. The van der Waals surface area contributed by atoms with Crippen LogP contribution in [0.1, 0.15) is 23.9 Å². The van der Waals surface area contributed by atoms with Crippen LogP contribution in [0.25, 0.3) is 12.2 Å². The second-order valence-electron chi connectivity index (χ2n) is 4.58. The molecule has 5 heteroatoms. The molecule has 1 aromatic carbocycles. The predicted molar refractivity (Wildman–Crippen MR) is 81.1 cm³/mol. The Kier molecular flexibility index (Phi) is 4.71. The van der Waals surface area contributed by atoms with E-state index in [0.717, 1.165) is 16.8 Å². The highest BCUT2D eigenvalue weighted by Crippen LogP contribution is 2.15. The SMILES string of the molecule is C=C(C)Cn1nnc(CO)c1/C=C/c1ccc(Cl)cc1. The van der Waals surface area contributed by atoms with Crippen LogP contribution in [0.15, 0.2) is 36.4 Å². The second-order valence-corrected chi connectivity index (χ2v) is 5.02. The first-order chi connectivity index (χ1) is 9.60. The van der Waals surface area contributed by atoms with Crippen molar-refractivity contribution in [1.29, 1.82) is 0 Å². The number of aromatic nitrogens is 3.